The van der Waals surface area contributed by atoms with Gasteiger partial charge in [0.1, 0.15) is 23.4 Å². The number of carbonyl (C=O) groups excluding carboxylic acids is 4. The molecule has 10 heteroatoms. The van der Waals surface area contributed by atoms with Crippen LogP contribution in [0.4, 0.5) is 4.79 Å². The van der Waals surface area contributed by atoms with E-state index in [1.807, 2.05) is 13.8 Å². The molecule has 0 heterocycles. The molecule has 3 N–H and O–H groups in total. The van der Waals surface area contributed by atoms with Crippen LogP contribution in [0, 0.1) is 5.92 Å². The van der Waals surface area contributed by atoms with Gasteiger partial charge in [0.2, 0.25) is 11.8 Å². The van der Waals surface area contributed by atoms with Gasteiger partial charge in [-0.05, 0) is 70.6 Å². The lowest BCUT2D eigenvalue weighted by molar-refractivity contribution is -0.149. The fourth-order valence-corrected chi connectivity index (χ4v) is 4.21. The van der Waals surface area contributed by atoms with E-state index in [1.165, 1.54) is 17.0 Å². The molecule has 38 heavy (non-hydrogen) atoms. The van der Waals surface area contributed by atoms with Gasteiger partial charge in [0.25, 0.3) is 0 Å². The molecule has 1 aliphatic carbocycles. The molecular formula is C28H43N3O7. The first kappa shape index (κ1) is 30.9. The van der Waals surface area contributed by atoms with Gasteiger partial charge in [-0.25, -0.2) is 4.79 Å². The van der Waals surface area contributed by atoms with E-state index in [4.69, 9.17) is 9.47 Å². The van der Waals surface area contributed by atoms with Gasteiger partial charge >= 0.3 is 12.1 Å². The molecule has 0 spiro atoms. The normalized spacial score (nSPS) is 15.8. The van der Waals surface area contributed by atoms with Crippen molar-refractivity contribution in [2.75, 3.05) is 13.2 Å². The summed E-state index contributed by atoms with van der Waals surface area (Å²) in [6, 6.07) is 4.00. The zero-order valence-electron chi connectivity index (χ0n) is 23.4. The van der Waals surface area contributed by atoms with Crippen molar-refractivity contribution in [3.8, 4) is 5.75 Å². The molecule has 3 atom stereocenters. The Hall–Kier alpha value is -3.30. The van der Waals surface area contributed by atoms with E-state index in [-0.39, 0.29) is 37.3 Å². The van der Waals surface area contributed by atoms with E-state index in [2.05, 4.69) is 10.6 Å². The van der Waals surface area contributed by atoms with Crippen LogP contribution in [0.1, 0.15) is 85.3 Å². The van der Waals surface area contributed by atoms with E-state index in [9.17, 15) is 24.3 Å². The fourth-order valence-electron chi connectivity index (χ4n) is 4.21. The molecule has 212 valence electrons. The molecule has 0 radical (unpaired) electrons. The molecule has 3 unspecified atom stereocenters. The summed E-state index contributed by atoms with van der Waals surface area (Å²) in [4.78, 5) is 53.8. The largest absolute Gasteiger partial charge is 0.508 e. The lowest BCUT2D eigenvalue weighted by atomic mass is 9.86. The van der Waals surface area contributed by atoms with E-state index in [0.29, 0.717) is 24.8 Å². The predicted molar refractivity (Wildman–Crippen MR) is 142 cm³/mol. The molecule has 0 saturated heterocycles. The summed E-state index contributed by atoms with van der Waals surface area (Å²) in [6.45, 7) is 11.0. The van der Waals surface area contributed by atoms with Crippen LogP contribution in [-0.2, 0) is 23.9 Å². The Balaban J connectivity index is 2.43. The highest BCUT2D eigenvalue weighted by Gasteiger charge is 2.43. The van der Waals surface area contributed by atoms with Crippen LogP contribution in [-0.4, -0.2) is 64.7 Å². The fraction of sp³-hybridized carbons (Fsp3) is 0.643. The summed E-state index contributed by atoms with van der Waals surface area (Å²) in [7, 11) is 0. The van der Waals surface area contributed by atoms with Gasteiger partial charge in [0, 0.05) is 12.6 Å². The van der Waals surface area contributed by atoms with Crippen molar-refractivity contribution < 1.29 is 33.8 Å². The van der Waals surface area contributed by atoms with Gasteiger partial charge in [0.05, 0.1) is 13.0 Å². The summed E-state index contributed by atoms with van der Waals surface area (Å²) in [5, 5.41) is 15.7. The van der Waals surface area contributed by atoms with Gasteiger partial charge in [0.15, 0.2) is 0 Å². The summed E-state index contributed by atoms with van der Waals surface area (Å²) in [6.07, 6.45) is 2.19. The maximum Gasteiger partial charge on any atom is 0.408 e. The third-order valence-corrected chi connectivity index (χ3v) is 6.52. The molecule has 0 aromatic heterocycles. The topological polar surface area (TPSA) is 134 Å². The number of nitrogens with zero attached hydrogens (tertiary/aromatic N) is 1. The van der Waals surface area contributed by atoms with E-state index in [0.717, 1.165) is 6.42 Å². The Morgan fingerprint density at radius 3 is 2.37 bits per heavy atom. The van der Waals surface area contributed by atoms with Gasteiger partial charge in [-0.2, -0.15) is 0 Å². The molecule has 0 aliphatic heterocycles. The number of amides is 3. The van der Waals surface area contributed by atoms with Crippen molar-refractivity contribution in [3.63, 3.8) is 0 Å². The zero-order chi connectivity index (χ0) is 28.5. The Morgan fingerprint density at radius 1 is 1.16 bits per heavy atom. The number of nitrogens with one attached hydrogen (secondary N) is 2. The third-order valence-electron chi connectivity index (χ3n) is 6.52. The number of aromatic hydroxyl groups is 1. The minimum absolute atomic E-state index is 0.0145. The first-order valence-electron chi connectivity index (χ1n) is 13.4. The number of phenolic OH excluding ortho intramolecular Hbond substituents is 1. The first-order chi connectivity index (χ1) is 17.9. The number of alkyl carbamates (subject to hydrolysis) is 1. The Labute approximate surface area is 225 Å². The van der Waals surface area contributed by atoms with Gasteiger partial charge < -0.3 is 30.1 Å². The molecule has 2 rings (SSSR count). The van der Waals surface area contributed by atoms with Crippen molar-refractivity contribution in [1.29, 1.82) is 0 Å². The van der Waals surface area contributed by atoms with Crippen LogP contribution in [0.3, 0.4) is 0 Å². The molecule has 10 nitrogen and oxygen atoms in total. The highest BCUT2D eigenvalue weighted by atomic mass is 16.6. The highest BCUT2D eigenvalue weighted by Crippen LogP contribution is 2.35. The minimum atomic E-state index is -1.07. The lowest BCUT2D eigenvalue weighted by Crippen LogP contribution is -2.59. The van der Waals surface area contributed by atoms with Crippen molar-refractivity contribution >= 4 is 23.9 Å². The average Bonchev–Trinajstić information content (AvgIpc) is 2.79. The second-order valence-corrected chi connectivity index (χ2v) is 10.7. The number of hydrogen-bond acceptors (Lipinski definition) is 7. The van der Waals surface area contributed by atoms with Crippen LogP contribution in [0.25, 0.3) is 0 Å². The summed E-state index contributed by atoms with van der Waals surface area (Å²) >= 11 is 0. The minimum Gasteiger partial charge on any atom is -0.508 e. The van der Waals surface area contributed by atoms with Crippen molar-refractivity contribution in [2.45, 2.75) is 97.4 Å². The number of rotatable bonds is 12. The number of phenols is 1. The summed E-state index contributed by atoms with van der Waals surface area (Å²) in [5.41, 5.74) is -0.317. The molecule has 0 bridgehead atoms. The van der Waals surface area contributed by atoms with E-state index < -0.39 is 41.6 Å². The van der Waals surface area contributed by atoms with Gasteiger partial charge in [-0.3, -0.25) is 14.4 Å². The standard InChI is InChI=1S/C28H43N3O7/c1-7-18(3)23(30-27(36)38-28(4,5)6)26(35)31(20-12-10-13-20)24(19-11-9-14-21(32)17-19)25(34)29-16-15-22(33)37-8-2/h9,11,14,17-18,20,23-24,32H,7-8,10,12-13,15-16H2,1-6H3,(H,29,34)(H,30,36). The molecule has 3 amide bonds. The van der Waals surface area contributed by atoms with Crippen LogP contribution < -0.4 is 10.6 Å². The van der Waals surface area contributed by atoms with Gasteiger partial charge in [-0.15, -0.1) is 0 Å². The number of esters is 1. The molecule has 1 fully saturated rings. The lowest BCUT2D eigenvalue weighted by Gasteiger charge is -2.44. The molecule has 1 aromatic rings. The van der Waals surface area contributed by atoms with Crippen molar-refractivity contribution in [2.24, 2.45) is 5.92 Å². The Morgan fingerprint density at radius 2 is 1.84 bits per heavy atom. The number of benzene rings is 1. The van der Waals surface area contributed by atoms with Crippen LogP contribution in [0.5, 0.6) is 5.75 Å². The summed E-state index contributed by atoms with van der Waals surface area (Å²) in [5.74, 6) is -1.61. The second-order valence-electron chi connectivity index (χ2n) is 10.7. The predicted octanol–water partition coefficient (Wildman–Crippen LogP) is 3.82. The maximum atomic E-state index is 14.2. The van der Waals surface area contributed by atoms with Crippen LogP contribution in [0.2, 0.25) is 0 Å². The second kappa shape index (κ2) is 14.0. The number of ether oxygens (including phenoxy) is 2. The SMILES string of the molecule is CCOC(=O)CCNC(=O)C(c1cccc(O)c1)N(C(=O)C(NC(=O)OC(C)(C)C)C(C)CC)C1CCC1. The Bertz CT molecular complexity index is 971. The smallest absolute Gasteiger partial charge is 0.408 e. The van der Waals surface area contributed by atoms with E-state index in [1.54, 1.807) is 39.8 Å². The summed E-state index contributed by atoms with van der Waals surface area (Å²) < 4.78 is 10.4. The average molecular weight is 534 g/mol. The monoisotopic (exact) mass is 533 g/mol. The zero-order valence-corrected chi connectivity index (χ0v) is 23.4. The van der Waals surface area contributed by atoms with Crippen LogP contribution in [0.15, 0.2) is 24.3 Å². The van der Waals surface area contributed by atoms with E-state index >= 15 is 0 Å². The third kappa shape index (κ3) is 8.92. The van der Waals surface area contributed by atoms with Crippen molar-refractivity contribution in [3.05, 3.63) is 29.8 Å². The number of hydrogen-bond donors (Lipinski definition) is 3. The first-order valence-corrected chi connectivity index (χ1v) is 13.4. The molecule has 1 aromatic carbocycles. The Kier molecular flexibility index (Phi) is 11.4. The molecule has 1 saturated carbocycles. The maximum absolute atomic E-state index is 14.2. The van der Waals surface area contributed by atoms with Crippen LogP contribution >= 0.6 is 0 Å². The highest BCUT2D eigenvalue weighted by molar-refractivity contribution is 5.92. The van der Waals surface area contributed by atoms with Gasteiger partial charge in [-0.1, -0.05) is 32.4 Å². The molecular weight excluding hydrogens is 490 g/mol. The number of carbonyl (C=O) groups is 4. The quantitative estimate of drug-likeness (QED) is 0.348. The van der Waals surface area contributed by atoms with Crippen molar-refractivity contribution in [1.82, 2.24) is 15.5 Å². The molecule has 1 aliphatic rings.